The Kier molecular flexibility index (Phi) is 15.2. The molecule has 0 aliphatic carbocycles. The molecule has 96 valence electrons. The molecule has 0 aliphatic heterocycles. The summed E-state index contributed by atoms with van der Waals surface area (Å²) < 4.78 is 4.49. The van der Waals surface area contributed by atoms with Crippen LogP contribution in [0.25, 0.3) is 0 Å². The molecule has 0 saturated carbocycles. The molecular formula is C10H15CuO5. The van der Waals surface area contributed by atoms with Crippen molar-refractivity contribution in [1.29, 1.82) is 0 Å². The van der Waals surface area contributed by atoms with Crippen LogP contribution >= 0.6 is 0 Å². The number of hydrogen-bond acceptors (Lipinski definition) is 5. The van der Waals surface area contributed by atoms with Gasteiger partial charge in [0.2, 0.25) is 0 Å². The fourth-order valence-corrected chi connectivity index (χ4v) is 0.415. The van der Waals surface area contributed by atoms with Crippen LogP contribution in [-0.2, 0) is 36.2 Å². The Balaban J connectivity index is -0.000000214. The Morgan fingerprint density at radius 3 is 1.81 bits per heavy atom. The second-order valence-electron chi connectivity index (χ2n) is 2.75. The molecule has 0 aromatic rings. The number of ether oxygens (including phenoxy) is 1. The summed E-state index contributed by atoms with van der Waals surface area (Å²) in [5.41, 5.74) is 0.0648. The van der Waals surface area contributed by atoms with Crippen molar-refractivity contribution >= 4 is 17.7 Å². The Morgan fingerprint density at radius 2 is 1.62 bits per heavy atom. The van der Waals surface area contributed by atoms with Crippen molar-refractivity contribution in [3.63, 3.8) is 0 Å². The van der Waals surface area contributed by atoms with Gasteiger partial charge in [0.15, 0.2) is 0 Å². The third-order valence-electron chi connectivity index (χ3n) is 1.05. The molecule has 0 heterocycles. The summed E-state index contributed by atoms with van der Waals surface area (Å²) in [6.07, 6.45) is -0.103. The third-order valence-corrected chi connectivity index (χ3v) is 1.05. The van der Waals surface area contributed by atoms with E-state index in [1.165, 1.54) is 13.8 Å². The number of Topliss-reactive ketones (excluding diaryl/α,β-unsaturated/α-hetero) is 1. The number of esters is 1. The number of carboxylic acid groups (broad SMARTS) is 1. The second kappa shape index (κ2) is 11.9. The minimum atomic E-state index is -1.19. The van der Waals surface area contributed by atoms with Crippen molar-refractivity contribution < 1.29 is 41.3 Å². The van der Waals surface area contributed by atoms with E-state index >= 15 is 0 Å². The Morgan fingerprint density at radius 1 is 1.25 bits per heavy atom. The van der Waals surface area contributed by atoms with E-state index in [1.54, 1.807) is 6.92 Å². The molecule has 5 nitrogen and oxygen atoms in total. The van der Waals surface area contributed by atoms with Crippen molar-refractivity contribution in [1.82, 2.24) is 0 Å². The fourth-order valence-electron chi connectivity index (χ4n) is 0.415. The van der Waals surface area contributed by atoms with Gasteiger partial charge in [0, 0.05) is 0 Å². The molecule has 0 aliphatic rings. The summed E-state index contributed by atoms with van der Waals surface area (Å²) in [6, 6.07) is 0. The van der Waals surface area contributed by atoms with Crippen LogP contribution in [0, 0.1) is 0 Å². The molecule has 0 aromatic carbocycles. The number of carbonyl (C=O) groups excluding carboxylic acids is 3. The van der Waals surface area contributed by atoms with Crippen LogP contribution < -0.4 is 5.11 Å². The minimum Gasteiger partial charge on any atom is -0.545 e. The number of aliphatic carboxylic acids is 1. The topological polar surface area (TPSA) is 83.5 Å². The Hall–Kier alpha value is -1.13. The molecule has 0 rings (SSSR count). The van der Waals surface area contributed by atoms with E-state index in [0.717, 1.165) is 0 Å². The summed E-state index contributed by atoms with van der Waals surface area (Å²) in [7, 11) is 0. The van der Waals surface area contributed by atoms with Crippen LogP contribution in [0.5, 0.6) is 0 Å². The molecule has 16 heavy (non-hydrogen) atoms. The molecule has 0 saturated heterocycles. The summed E-state index contributed by atoms with van der Waals surface area (Å²) in [4.78, 5) is 30.1. The van der Waals surface area contributed by atoms with E-state index < -0.39 is 11.9 Å². The van der Waals surface area contributed by atoms with Gasteiger partial charge in [-0.1, -0.05) is 6.58 Å². The zero-order valence-electron chi connectivity index (χ0n) is 9.46. The largest absolute Gasteiger partial charge is 1.00 e. The molecule has 0 atom stereocenters. The van der Waals surface area contributed by atoms with Crippen LogP contribution in [0.3, 0.4) is 0 Å². The number of ketones is 1. The maximum Gasteiger partial charge on any atom is 1.00 e. The van der Waals surface area contributed by atoms with Gasteiger partial charge in [0.05, 0.1) is 12.6 Å². The molecule has 0 amide bonds. The zero-order valence-corrected chi connectivity index (χ0v) is 10.4. The summed E-state index contributed by atoms with van der Waals surface area (Å²) in [5.74, 6) is -1.78. The van der Waals surface area contributed by atoms with Gasteiger partial charge < -0.3 is 14.6 Å². The SMILES string of the molecule is C=C(C)C(=O)[O-].CCOC(=O)CC(C)=O.[Cu+]. The quantitative estimate of drug-likeness (QED) is 0.309. The standard InChI is InChI=1S/C6H10O3.C4H6O2.Cu/c1-3-9-6(8)4-5(2)7;1-3(2)4(5)6;/h3-4H2,1-2H3;1H2,2H3,(H,5,6);/q;;+1/p-1. The minimum absolute atomic E-state index is 0. The van der Waals surface area contributed by atoms with Crippen LogP contribution in [0.1, 0.15) is 27.2 Å². The molecule has 0 bridgehead atoms. The van der Waals surface area contributed by atoms with E-state index in [4.69, 9.17) is 0 Å². The third kappa shape index (κ3) is 18.6. The second-order valence-corrected chi connectivity index (χ2v) is 2.75. The van der Waals surface area contributed by atoms with Gasteiger partial charge in [-0.25, -0.2) is 0 Å². The van der Waals surface area contributed by atoms with Gasteiger partial charge in [0.25, 0.3) is 0 Å². The molecule has 0 radical (unpaired) electrons. The summed E-state index contributed by atoms with van der Waals surface area (Å²) in [6.45, 7) is 7.88. The number of carboxylic acids is 1. The Labute approximate surface area is 105 Å². The van der Waals surface area contributed by atoms with E-state index in [0.29, 0.717) is 6.61 Å². The molecular weight excluding hydrogens is 264 g/mol. The zero-order chi connectivity index (χ0) is 12.4. The normalized spacial score (nSPS) is 7.69. The molecule has 0 unspecified atom stereocenters. The first-order valence-electron chi connectivity index (χ1n) is 4.33. The summed E-state index contributed by atoms with van der Waals surface area (Å²) >= 11 is 0. The predicted octanol–water partition coefficient (Wildman–Crippen LogP) is -0.161. The molecule has 0 N–H and O–H groups in total. The van der Waals surface area contributed by atoms with Gasteiger partial charge >= 0.3 is 23.0 Å². The van der Waals surface area contributed by atoms with Crippen molar-refractivity contribution in [3.8, 4) is 0 Å². The predicted molar refractivity (Wildman–Crippen MR) is 51.8 cm³/mol. The van der Waals surface area contributed by atoms with Gasteiger partial charge in [-0.15, -0.1) is 0 Å². The first kappa shape index (κ1) is 20.3. The van der Waals surface area contributed by atoms with E-state index in [1.807, 2.05) is 0 Å². The van der Waals surface area contributed by atoms with Crippen LogP contribution in [0.2, 0.25) is 0 Å². The Bertz CT molecular complexity index is 248. The smallest absolute Gasteiger partial charge is 0.545 e. The van der Waals surface area contributed by atoms with Crippen molar-refractivity contribution in [2.24, 2.45) is 0 Å². The van der Waals surface area contributed by atoms with E-state index in [2.05, 4.69) is 11.3 Å². The molecule has 0 spiro atoms. The number of rotatable bonds is 4. The van der Waals surface area contributed by atoms with Gasteiger partial charge in [-0.2, -0.15) is 0 Å². The maximum absolute atomic E-state index is 10.4. The first-order chi connectivity index (χ1) is 6.81. The summed E-state index contributed by atoms with van der Waals surface area (Å²) in [5, 5.41) is 9.49. The van der Waals surface area contributed by atoms with Crippen molar-refractivity contribution in [2.75, 3.05) is 6.61 Å². The fraction of sp³-hybridized carbons (Fsp3) is 0.500. The van der Waals surface area contributed by atoms with Gasteiger partial charge in [0.1, 0.15) is 12.2 Å². The van der Waals surface area contributed by atoms with E-state index in [9.17, 15) is 19.5 Å². The van der Waals surface area contributed by atoms with Gasteiger partial charge in [-0.3, -0.25) is 9.59 Å². The molecule has 0 fully saturated rings. The van der Waals surface area contributed by atoms with E-state index in [-0.39, 0.29) is 34.8 Å². The average molecular weight is 279 g/mol. The molecule has 0 aromatic heterocycles. The van der Waals surface area contributed by atoms with Crippen LogP contribution in [0.4, 0.5) is 0 Å². The maximum atomic E-state index is 10.4. The van der Waals surface area contributed by atoms with Gasteiger partial charge in [-0.05, 0) is 26.3 Å². The average Bonchev–Trinajstić information content (AvgIpc) is 2.03. The number of carbonyl (C=O) groups is 3. The molecule has 6 heteroatoms. The monoisotopic (exact) mass is 278 g/mol. The van der Waals surface area contributed by atoms with Crippen LogP contribution in [0.15, 0.2) is 12.2 Å². The van der Waals surface area contributed by atoms with Crippen molar-refractivity contribution in [2.45, 2.75) is 27.2 Å². The van der Waals surface area contributed by atoms with Crippen LogP contribution in [-0.4, -0.2) is 24.3 Å². The number of hydrogen-bond donors (Lipinski definition) is 0. The van der Waals surface area contributed by atoms with Crippen molar-refractivity contribution in [3.05, 3.63) is 12.2 Å². The first-order valence-corrected chi connectivity index (χ1v) is 4.33.